The van der Waals surface area contributed by atoms with Gasteiger partial charge in [-0.3, -0.25) is 9.78 Å². The van der Waals surface area contributed by atoms with Gasteiger partial charge in [0.1, 0.15) is 17.3 Å². The number of halogens is 1. The van der Waals surface area contributed by atoms with E-state index >= 15 is 0 Å². The van der Waals surface area contributed by atoms with E-state index in [0.717, 1.165) is 11.8 Å². The number of aromatic nitrogens is 2. The molecule has 2 heterocycles. The highest BCUT2D eigenvalue weighted by Gasteiger charge is 2.08. The minimum atomic E-state index is -0.463. The summed E-state index contributed by atoms with van der Waals surface area (Å²) in [6.45, 7) is 0. The number of ketones is 1. The highest BCUT2D eigenvalue weighted by Crippen LogP contribution is 2.08. The molecule has 0 saturated heterocycles. The van der Waals surface area contributed by atoms with Crippen molar-refractivity contribution in [3.05, 3.63) is 53.7 Å². The van der Waals surface area contributed by atoms with Crippen LogP contribution in [0.25, 0.3) is 0 Å². The second-order valence-electron chi connectivity index (χ2n) is 3.55. The average Bonchev–Trinajstić information content (AvgIpc) is 2.29. The van der Waals surface area contributed by atoms with Crippen LogP contribution < -0.4 is 5.73 Å². The van der Waals surface area contributed by atoms with Crippen LogP contribution in [0, 0.1) is 5.82 Å². The summed E-state index contributed by atoms with van der Waals surface area (Å²) in [5.41, 5.74) is 6.50. The fraction of sp³-hybridized carbons (Fsp3) is 0.0833. The van der Waals surface area contributed by atoms with E-state index < -0.39 is 5.82 Å². The van der Waals surface area contributed by atoms with E-state index in [-0.39, 0.29) is 17.9 Å². The van der Waals surface area contributed by atoms with E-state index in [1.165, 1.54) is 18.3 Å². The zero-order valence-electron chi connectivity index (χ0n) is 8.93. The van der Waals surface area contributed by atoms with Gasteiger partial charge in [-0.2, -0.15) is 0 Å². The van der Waals surface area contributed by atoms with Crippen molar-refractivity contribution in [2.24, 2.45) is 0 Å². The Morgan fingerprint density at radius 2 is 2.12 bits per heavy atom. The van der Waals surface area contributed by atoms with Crippen molar-refractivity contribution in [1.82, 2.24) is 9.97 Å². The highest BCUT2D eigenvalue weighted by atomic mass is 19.1. The van der Waals surface area contributed by atoms with E-state index in [1.807, 2.05) is 0 Å². The predicted molar refractivity (Wildman–Crippen MR) is 60.9 cm³/mol. The zero-order valence-corrected chi connectivity index (χ0v) is 8.93. The van der Waals surface area contributed by atoms with E-state index in [0.29, 0.717) is 5.82 Å². The summed E-state index contributed by atoms with van der Waals surface area (Å²) in [6.07, 6.45) is 2.73. The quantitative estimate of drug-likeness (QED) is 0.815. The number of rotatable bonds is 3. The summed E-state index contributed by atoms with van der Waals surface area (Å²) in [5.74, 6) is -0.285. The summed E-state index contributed by atoms with van der Waals surface area (Å²) in [7, 11) is 0. The molecular formula is C12H10FN3O. The Kier molecular flexibility index (Phi) is 3.09. The Labute approximate surface area is 97.3 Å². The molecule has 86 valence electrons. The van der Waals surface area contributed by atoms with Gasteiger partial charge in [0.05, 0.1) is 6.20 Å². The molecule has 2 rings (SSSR count). The van der Waals surface area contributed by atoms with Gasteiger partial charge in [-0.25, -0.2) is 9.37 Å². The third kappa shape index (κ3) is 2.84. The maximum atomic E-state index is 12.6. The molecule has 0 aliphatic carbocycles. The van der Waals surface area contributed by atoms with Crippen LogP contribution in [-0.4, -0.2) is 15.8 Å². The molecule has 0 atom stereocenters. The number of pyridine rings is 2. The SMILES string of the molecule is Nc1cc(CC(=O)c2ccc(F)cn2)ccn1. The van der Waals surface area contributed by atoms with Gasteiger partial charge in [0.2, 0.25) is 0 Å². The monoisotopic (exact) mass is 231 g/mol. The smallest absolute Gasteiger partial charge is 0.185 e. The lowest BCUT2D eigenvalue weighted by molar-refractivity contribution is 0.0988. The fourth-order valence-electron chi connectivity index (χ4n) is 1.42. The molecule has 0 spiro atoms. The summed E-state index contributed by atoms with van der Waals surface area (Å²) in [6, 6.07) is 5.91. The van der Waals surface area contributed by atoms with Crippen LogP contribution in [0.15, 0.2) is 36.7 Å². The van der Waals surface area contributed by atoms with Crippen LogP contribution in [0.2, 0.25) is 0 Å². The molecule has 0 aliphatic heterocycles. The molecular weight excluding hydrogens is 221 g/mol. The van der Waals surface area contributed by atoms with Gasteiger partial charge in [0.15, 0.2) is 5.78 Å². The van der Waals surface area contributed by atoms with Gasteiger partial charge in [0.25, 0.3) is 0 Å². The maximum absolute atomic E-state index is 12.6. The standard InChI is InChI=1S/C12H10FN3O/c13-9-1-2-10(16-7-9)11(17)5-8-3-4-15-12(14)6-8/h1-4,6-7H,5H2,(H2,14,15). The molecule has 0 radical (unpaired) electrons. The third-order valence-electron chi connectivity index (χ3n) is 2.22. The Morgan fingerprint density at radius 3 is 2.76 bits per heavy atom. The molecule has 0 amide bonds. The lowest BCUT2D eigenvalue weighted by atomic mass is 10.1. The van der Waals surface area contributed by atoms with Crippen LogP contribution in [0.5, 0.6) is 0 Å². The molecule has 0 bridgehead atoms. The average molecular weight is 231 g/mol. The van der Waals surface area contributed by atoms with Crippen molar-refractivity contribution in [1.29, 1.82) is 0 Å². The van der Waals surface area contributed by atoms with Gasteiger partial charge in [0, 0.05) is 12.6 Å². The minimum Gasteiger partial charge on any atom is -0.384 e. The number of Topliss-reactive ketones (excluding diaryl/α,β-unsaturated/α-hetero) is 1. The van der Waals surface area contributed by atoms with E-state index in [1.54, 1.807) is 12.1 Å². The van der Waals surface area contributed by atoms with Crippen LogP contribution in [-0.2, 0) is 6.42 Å². The number of hydrogen-bond acceptors (Lipinski definition) is 4. The first kappa shape index (κ1) is 11.2. The second-order valence-corrected chi connectivity index (χ2v) is 3.55. The van der Waals surface area contributed by atoms with Crippen LogP contribution in [0.1, 0.15) is 16.1 Å². The van der Waals surface area contributed by atoms with Crippen molar-refractivity contribution < 1.29 is 9.18 Å². The molecule has 2 aromatic rings. The number of hydrogen-bond donors (Lipinski definition) is 1. The lowest BCUT2D eigenvalue weighted by Crippen LogP contribution is -2.06. The van der Waals surface area contributed by atoms with Crippen molar-refractivity contribution in [2.75, 3.05) is 5.73 Å². The summed E-state index contributed by atoms with van der Waals surface area (Å²) >= 11 is 0. The number of carbonyl (C=O) groups is 1. The first-order valence-electron chi connectivity index (χ1n) is 5.00. The highest BCUT2D eigenvalue weighted by molar-refractivity contribution is 5.95. The summed E-state index contributed by atoms with van der Waals surface area (Å²) in [5, 5.41) is 0. The number of nitrogens with zero attached hydrogens (tertiary/aromatic N) is 2. The third-order valence-corrected chi connectivity index (χ3v) is 2.22. The molecule has 2 N–H and O–H groups in total. The molecule has 4 nitrogen and oxygen atoms in total. The number of nitrogens with two attached hydrogens (primary N) is 1. The van der Waals surface area contributed by atoms with Crippen molar-refractivity contribution in [3.8, 4) is 0 Å². The van der Waals surface area contributed by atoms with Crippen molar-refractivity contribution in [2.45, 2.75) is 6.42 Å². The molecule has 0 saturated carbocycles. The second kappa shape index (κ2) is 4.69. The van der Waals surface area contributed by atoms with Crippen LogP contribution >= 0.6 is 0 Å². The Hall–Kier alpha value is -2.30. The predicted octanol–water partition coefficient (Wildman–Crippen LogP) is 1.62. The molecule has 0 aromatic carbocycles. The molecule has 0 aliphatic rings. The fourth-order valence-corrected chi connectivity index (χ4v) is 1.42. The van der Waals surface area contributed by atoms with E-state index in [4.69, 9.17) is 5.73 Å². The molecule has 0 fully saturated rings. The van der Waals surface area contributed by atoms with Gasteiger partial charge in [-0.15, -0.1) is 0 Å². The Bertz CT molecular complexity index is 540. The largest absolute Gasteiger partial charge is 0.384 e. The molecule has 5 heteroatoms. The zero-order chi connectivity index (χ0) is 12.3. The van der Waals surface area contributed by atoms with Crippen molar-refractivity contribution >= 4 is 11.6 Å². The van der Waals surface area contributed by atoms with Crippen LogP contribution in [0.3, 0.4) is 0 Å². The summed E-state index contributed by atoms with van der Waals surface area (Å²) < 4.78 is 12.6. The lowest BCUT2D eigenvalue weighted by Gasteiger charge is -2.01. The molecule has 17 heavy (non-hydrogen) atoms. The normalized spacial score (nSPS) is 10.2. The van der Waals surface area contributed by atoms with Gasteiger partial charge in [-0.1, -0.05) is 0 Å². The van der Waals surface area contributed by atoms with Crippen LogP contribution in [0.4, 0.5) is 10.2 Å². The van der Waals surface area contributed by atoms with Gasteiger partial charge >= 0.3 is 0 Å². The van der Waals surface area contributed by atoms with Gasteiger partial charge in [-0.05, 0) is 29.8 Å². The first-order chi connectivity index (χ1) is 8.15. The van der Waals surface area contributed by atoms with Gasteiger partial charge < -0.3 is 5.73 Å². The van der Waals surface area contributed by atoms with E-state index in [9.17, 15) is 9.18 Å². The summed E-state index contributed by atoms with van der Waals surface area (Å²) in [4.78, 5) is 19.3. The molecule has 0 unspecified atom stereocenters. The topological polar surface area (TPSA) is 68.9 Å². The number of carbonyl (C=O) groups excluding carboxylic acids is 1. The Morgan fingerprint density at radius 1 is 1.29 bits per heavy atom. The molecule has 2 aromatic heterocycles. The first-order valence-corrected chi connectivity index (χ1v) is 5.00. The number of anilines is 1. The Balaban J connectivity index is 2.14. The van der Waals surface area contributed by atoms with E-state index in [2.05, 4.69) is 9.97 Å². The van der Waals surface area contributed by atoms with Crippen molar-refractivity contribution in [3.63, 3.8) is 0 Å². The number of nitrogen functional groups attached to an aromatic ring is 1. The minimum absolute atomic E-state index is 0.172. The maximum Gasteiger partial charge on any atom is 0.185 e.